The van der Waals surface area contributed by atoms with E-state index in [0.29, 0.717) is 6.10 Å². The number of hydrogen-bond donors (Lipinski definition) is 1. The van der Waals surface area contributed by atoms with E-state index < -0.39 is 0 Å². The summed E-state index contributed by atoms with van der Waals surface area (Å²) < 4.78 is 5.66. The highest BCUT2D eigenvalue weighted by Crippen LogP contribution is 2.11. The van der Waals surface area contributed by atoms with E-state index >= 15 is 0 Å². The molecule has 88 valence electrons. The van der Waals surface area contributed by atoms with E-state index in [1.54, 1.807) is 0 Å². The Morgan fingerprint density at radius 3 is 3.07 bits per heavy atom. The quantitative estimate of drug-likeness (QED) is 0.745. The van der Waals surface area contributed by atoms with Crippen LogP contribution in [0.1, 0.15) is 32.6 Å². The first-order chi connectivity index (χ1) is 7.34. The monoisotopic (exact) mass is 212 g/mol. The van der Waals surface area contributed by atoms with E-state index in [4.69, 9.17) is 4.74 Å². The van der Waals surface area contributed by atoms with Crippen LogP contribution in [0.15, 0.2) is 0 Å². The zero-order valence-corrected chi connectivity index (χ0v) is 9.87. The van der Waals surface area contributed by atoms with Crippen molar-refractivity contribution in [3.8, 4) is 0 Å². The van der Waals surface area contributed by atoms with E-state index in [-0.39, 0.29) is 0 Å². The number of nitrogens with one attached hydrogen (secondary N) is 1. The molecule has 0 saturated carbocycles. The Morgan fingerprint density at radius 1 is 1.33 bits per heavy atom. The summed E-state index contributed by atoms with van der Waals surface area (Å²) in [6.45, 7) is 7.88. The van der Waals surface area contributed by atoms with Gasteiger partial charge in [-0.25, -0.2) is 0 Å². The zero-order valence-electron chi connectivity index (χ0n) is 9.87. The van der Waals surface area contributed by atoms with Crippen LogP contribution in [0.5, 0.6) is 0 Å². The second kappa shape index (κ2) is 5.83. The van der Waals surface area contributed by atoms with Crippen molar-refractivity contribution in [2.45, 2.75) is 44.8 Å². The van der Waals surface area contributed by atoms with Gasteiger partial charge in [0.25, 0.3) is 0 Å². The average Bonchev–Trinajstić information content (AvgIpc) is 2.44. The van der Waals surface area contributed by atoms with Crippen LogP contribution in [0.3, 0.4) is 0 Å². The molecule has 15 heavy (non-hydrogen) atoms. The van der Waals surface area contributed by atoms with Crippen molar-refractivity contribution in [2.24, 2.45) is 0 Å². The highest BCUT2D eigenvalue weighted by molar-refractivity contribution is 4.78. The third kappa shape index (κ3) is 3.74. The highest BCUT2D eigenvalue weighted by atomic mass is 16.5. The van der Waals surface area contributed by atoms with E-state index in [0.717, 1.165) is 19.2 Å². The van der Waals surface area contributed by atoms with Gasteiger partial charge in [0, 0.05) is 32.3 Å². The van der Waals surface area contributed by atoms with Crippen molar-refractivity contribution in [3.63, 3.8) is 0 Å². The molecule has 0 aromatic carbocycles. The molecule has 0 aromatic rings. The van der Waals surface area contributed by atoms with Gasteiger partial charge in [-0.05, 0) is 32.7 Å². The van der Waals surface area contributed by atoms with Gasteiger partial charge in [-0.3, -0.25) is 4.90 Å². The molecular weight excluding hydrogens is 188 g/mol. The molecule has 0 spiro atoms. The predicted octanol–water partition coefficient (Wildman–Crippen LogP) is 1.24. The molecule has 0 radical (unpaired) electrons. The molecule has 2 rings (SSSR count). The summed E-state index contributed by atoms with van der Waals surface area (Å²) in [5, 5.41) is 3.62. The van der Waals surface area contributed by atoms with E-state index in [1.165, 1.54) is 45.3 Å². The average molecular weight is 212 g/mol. The fourth-order valence-electron chi connectivity index (χ4n) is 2.64. The molecule has 2 aliphatic rings. The van der Waals surface area contributed by atoms with Gasteiger partial charge in [0.2, 0.25) is 0 Å². The number of ether oxygens (including phenoxy) is 1. The summed E-state index contributed by atoms with van der Waals surface area (Å²) in [7, 11) is 0. The van der Waals surface area contributed by atoms with Crippen LogP contribution in [-0.4, -0.2) is 49.8 Å². The summed E-state index contributed by atoms with van der Waals surface area (Å²) in [6.07, 6.45) is 5.72. The lowest BCUT2D eigenvalue weighted by molar-refractivity contribution is 0.0659. The summed E-state index contributed by atoms with van der Waals surface area (Å²) >= 11 is 0. The van der Waals surface area contributed by atoms with Crippen LogP contribution in [0.4, 0.5) is 0 Å². The van der Waals surface area contributed by atoms with Crippen molar-refractivity contribution in [2.75, 3.05) is 32.8 Å². The van der Waals surface area contributed by atoms with Crippen molar-refractivity contribution in [3.05, 3.63) is 0 Å². The van der Waals surface area contributed by atoms with Crippen molar-refractivity contribution in [1.29, 1.82) is 0 Å². The third-order valence-electron chi connectivity index (χ3n) is 3.43. The first-order valence-corrected chi connectivity index (χ1v) is 6.42. The van der Waals surface area contributed by atoms with E-state index in [2.05, 4.69) is 17.1 Å². The Hall–Kier alpha value is -0.120. The van der Waals surface area contributed by atoms with Crippen LogP contribution in [0.25, 0.3) is 0 Å². The van der Waals surface area contributed by atoms with Gasteiger partial charge in [0.05, 0.1) is 6.10 Å². The molecule has 3 heteroatoms. The zero-order chi connectivity index (χ0) is 10.5. The number of rotatable bonds is 2. The maximum absolute atomic E-state index is 5.66. The summed E-state index contributed by atoms with van der Waals surface area (Å²) in [6, 6.07) is 0.726. The largest absolute Gasteiger partial charge is 0.377 e. The Balaban J connectivity index is 1.76. The minimum Gasteiger partial charge on any atom is -0.377 e. The summed E-state index contributed by atoms with van der Waals surface area (Å²) in [5.41, 5.74) is 0. The second-order valence-electron chi connectivity index (χ2n) is 4.94. The smallest absolute Gasteiger partial charge is 0.0673 e. The van der Waals surface area contributed by atoms with Gasteiger partial charge >= 0.3 is 0 Å². The Labute approximate surface area is 93.2 Å². The van der Waals surface area contributed by atoms with E-state index in [1.807, 2.05) is 0 Å². The van der Waals surface area contributed by atoms with Crippen LogP contribution in [0.2, 0.25) is 0 Å². The van der Waals surface area contributed by atoms with Gasteiger partial charge in [-0.15, -0.1) is 0 Å². The maximum atomic E-state index is 5.66. The number of hydrogen-bond acceptors (Lipinski definition) is 3. The first kappa shape index (κ1) is 11.4. The molecule has 0 aromatic heterocycles. The second-order valence-corrected chi connectivity index (χ2v) is 4.94. The standard InChI is InChI=1S/C12H24N2O/c1-11-9-14(7-4-8-15-11)10-12-5-2-3-6-13-12/h11-13H,2-10H2,1H3. The molecule has 2 heterocycles. The van der Waals surface area contributed by atoms with Crippen LogP contribution < -0.4 is 5.32 Å². The lowest BCUT2D eigenvalue weighted by Crippen LogP contribution is -2.45. The van der Waals surface area contributed by atoms with Crippen LogP contribution >= 0.6 is 0 Å². The molecule has 0 amide bonds. The number of piperidine rings is 1. The molecule has 1 N–H and O–H groups in total. The van der Waals surface area contributed by atoms with Crippen LogP contribution in [-0.2, 0) is 4.74 Å². The molecule has 0 bridgehead atoms. The molecule has 2 unspecified atom stereocenters. The first-order valence-electron chi connectivity index (χ1n) is 6.42. The van der Waals surface area contributed by atoms with Crippen molar-refractivity contribution < 1.29 is 4.74 Å². The topological polar surface area (TPSA) is 24.5 Å². The van der Waals surface area contributed by atoms with Gasteiger partial charge < -0.3 is 10.1 Å². The van der Waals surface area contributed by atoms with Crippen molar-refractivity contribution >= 4 is 0 Å². The highest BCUT2D eigenvalue weighted by Gasteiger charge is 2.19. The number of nitrogens with zero attached hydrogens (tertiary/aromatic N) is 1. The van der Waals surface area contributed by atoms with Gasteiger partial charge in [-0.2, -0.15) is 0 Å². The Kier molecular flexibility index (Phi) is 4.42. The Morgan fingerprint density at radius 2 is 2.27 bits per heavy atom. The lowest BCUT2D eigenvalue weighted by Gasteiger charge is -2.30. The minimum absolute atomic E-state index is 0.413. The normalized spacial score (nSPS) is 35.0. The molecule has 2 atom stereocenters. The predicted molar refractivity (Wildman–Crippen MR) is 62.1 cm³/mol. The molecule has 2 fully saturated rings. The Bertz CT molecular complexity index is 180. The molecule has 3 nitrogen and oxygen atoms in total. The molecule has 2 aliphatic heterocycles. The lowest BCUT2D eigenvalue weighted by atomic mass is 10.0. The molecule has 2 saturated heterocycles. The molecular formula is C12H24N2O. The maximum Gasteiger partial charge on any atom is 0.0673 e. The summed E-state index contributed by atoms with van der Waals surface area (Å²) in [5.74, 6) is 0. The third-order valence-corrected chi connectivity index (χ3v) is 3.43. The van der Waals surface area contributed by atoms with Gasteiger partial charge in [0.1, 0.15) is 0 Å². The van der Waals surface area contributed by atoms with Crippen molar-refractivity contribution in [1.82, 2.24) is 10.2 Å². The van der Waals surface area contributed by atoms with Gasteiger partial charge in [-0.1, -0.05) is 6.42 Å². The fourth-order valence-corrected chi connectivity index (χ4v) is 2.64. The minimum atomic E-state index is 0.413. The SMILES string of the molecule is CC1CN(CC2CCCCN2)CCCO1. The summed E-state index contributed by atoms with van der Waals surface area (Å²) in [4.78, 5) is 2.57. The van der Waals surface area contributed by atoms with E-state index in [9.17, 15) is 0 Å². The van der Waals surface area contributed by atoms with Gasteiger partial charge in [0.15, 0.2) is 0 Å². The molecule has 0 aliphatic carbocycles. The van der Waals surface area contributed by atoms with Crippen LogP contribution in [0, 0.1) is 0 Å². The fraction of sp³-hybridized carbons (Fsp3) is 1.00.